The molecule has 2 aromatic carbocycles. The van der Waals surface area contributed by atoms with Gasteiger partial charge in [-0.3, -0.25) is 4.79 Å². The molecule has 4 nitrogen and oxygen atoms in total. The summed E-state index contributed by atoms with van der Waals surface area (Å²) in [6.07, 6.45) is 0.271. The van der Waals surface area contributed by atoms with Crippen LogP contribution >= 0.6 is 15.9 Å². The molecule has 1 atom stereocenters. The van der Waals surface area contributed by atoms with Gasteiger partial charge in [0, 0.05) is 16.5 Å². The summed E-state index contributed by atoms with van der Waals surface area (Å²) >= 11 is 3.36. The fourth-order valence-corrected chi connectivity index (χ4v) is 2.55. The van der Waals surface area contributed by atoms with Crippen LogP contribution in [0.5, 0.6) is 0 Å². The highest BCUT2D eigenvalue weighted by atomic mass is 79.9. The van der Waals surface area contributed by atoms with Crippen LogP contribution in [-0.2, 0) is 16.0 Å². The van der Waals surface area contributed by atoms with Crippen LogP contribution in [0.1, 0.15) is 15.9 Å². The summed E-state index contributed by atoms with van der Waals surface area (Å²) in [4.78, 5) is 24.1. The molecule has 6 heteroatoms. The average Bonchev–Trinajstić information content (AvgIpc) is 2.53. The second-order valence-corrected chi connectivity index (χ2v) is 5.81. The van der Waals surface area contributed by atoms with Crippen molar-refractivity contribution in [2.45, 2.75) is 12.5 Å². The first kappa shape index (κ1) is 17.1. The molecular weight excluding hydrogens is 365 g/mol. The van der Waals surface area contributed by atoms with Crippen molar-refractivity contribution >= 4 is 27.8 Å². The number of carbonyl (C=O) groups excluding carboxylic acids is 2. The maximum atomic E-state index is 13.2. The van der Waals surface area contributed by atoms with Gasteiger partial charge in [-0.2, -0.15) is 0 Å². The quantitative estimate of drug-likeness (QED) is 0.812. The molecule has 0 saturated carbocycles. The molecule has 0 fully saturated rings. The van der Waals surface area contributed by atoms with Gasteiger partial charge in [0.1, 0.15) is 11.9 Å². The molecule has 2 aromatic rings. The average molecular weight is 380 g/mol. The van der Waals surface area contributed by atoms with Gasteiger partial charge in [-0.05, 0) is 35.9 Å². The van der Waals surface area contributed by atoms with Crippen LogP contribution in [-0.4, -0.2) is 25.0 Å². The minimum absolute atomic E-state index is 0.146. The van der Waals surface area contributed by atoms with E-state index in [1.165, 1.54) is 25.3 Å². The summed E-state index contributed by atoms with van der Waals surface area (Å²) in [6.45, 7) is 0. The summed E-state index contributed by atoms with van der Waals surface area (Å²) in [6, 6.07) is 11.8. The van der Waals surface area contributed by atoms with Gasteiger partial charge in [0.25, 0.3) is 5.91 Å². The Morgan fingerprint density at radius 1 is 1.22 bits per heavy atom. The van der Waals surface area contributed by atoms with Crippen molar-refractivity contribution in [1.29, 1.82) is 0 Å². The number of nitrogens with one attached hydrogen (secondary N) is 1. The molecule has 1 N–H and O–H groups in total. The predicted octanol–water partition coefficient (Wildman–Crippen LogP) is 3.10. The molecule has 23 heavy (non-hydrogen) atoms. The molecule has 1 amide bonds. The molecule has 0 aromatic heterocycles. The standard InChI is InChI=1S/C17H15BrFNO3/c1-23-17(22)15(9-11-4-2-6-13(18)8-11)20-16(21)12-5-3-7-14(19)10-12/h2-8,10,15H,9H2,1H3,(H,20,21)/t15-/m1/s1. The van der Waals surface area contributed by atoms with Gasteiger partial charge < -0.3 is 10.1 Å². The van der Waals surface area contributed by atoms with E-state index in [0.29, 0.717) is 0 Å². The zero-order valence-electron chi connectivity index (χ0n) is 12.4. The van der Waals surface area contributed by atoms with Crippen LogP contribution in [0.4, 0.5) is 4.39 Å². The van der Waals surface area contributed by atoms with E-state index in [1.807, 2.05) is 24.3 Å². The number of esters is 1. The zero-order chi connectivity index (χ0) is 16.8. The van der Waals surface area contributed by atoms with E-state index in [-0.39, 0.29) is 12.0 Å². The second kappa shape index (κ2) is 7.87. The van der Waals surface area contributed by atoms with Crippen molar-refractivity contribution in [2.24, 2.45) is 0 Å². The largest absolute Gasteiger partial charge is 0.467 e. The van der Waals surface area contributed by atoms with Crippen molar-refractivity contribution in [3.63, 3.8) is 0 Å². The van der Waals surface area contributed by atoms with Crippen molar-refractivity contribution in [3.8, 4) is 0 Å². The topological polar surface area (TPSA) is 55.4 Å². The van der Waals surface area contributed by atoms with Crippen LogP contribution in [0.15, 0.2) is 53.0 Å². The number of methoxy groups -OCH3 is 1. The van der Waals surface area contributed by atoms with Gasteiger partial charge in [0.15, 0.2) is 0 Å². The Kier molecular flexibility index (Phi) is 5.87. The molecule has 2 rings (SSSR count). The fourth-order valence-electron chi connectivity index (χ4n) is 2.11. The maximum absolute atomic E-state index is 13.2. The summed E-state index contributed by atoms with van der Waals surface area (Å²) in [7, 11) is 1.25. The van der Waals surface area contributed by atoms with E-state index < -0.39 is 23.7 Å². The van der Waals surface area contributed by atoms with Crippen LogP contribution in [0.25, 0.3) is 0 Å². The molecule has 0 bridgehead atoms. The van der Waals surface area contributed by atoms with E-state index in [2.05, 4.69) is 21.2 Å². The summed E-state index contributed by atoms with van der Waals surface area (Å²) in [5.74, 6) is -1.61. The van der Waals surface area contributed by atoms with Crippen LogP contribution in [0, 0.1) is 5.82 Å². The van der Waals surface area contributed by atoms with Crippen LogP contribution in [0.3, 0.4) is 0 Å². The Balaban J connectivity index is 2.15. The molecule has 0 spiro atoms. The SMILES string of the molecule is COC(=O)[C@@H](Cc1cccc(Br)c1)NC(=O)c1cccc(F)c1. The second-order valence-electron chi connectivity index (χ2n) is 4.89. The first-order chi connectivity index (χ1) is 11.0. The Bertz CT molecular complexity index is 720. The van der Waals surface area contributed by atoms with Gasteiger partial charge in [-0.25, -0.2) is 9.18 Å². The van der Waals surface area contributed by atoms with E-state index >= 15 is 0 Å². The van der Waals surface area contributed by atoms with Crippen LogP contribution in [0.2, 0.25) is 0 Å². The Morgan fingerprint density at radius 3 is 2.61 bits per heavy atom. The number of ether oxygens (including phenoxy) is 1. The Hall–Kier alpha value is -2.21. The predicted molar refractivity (Wildman–Crippen MR) is 87.5 cm³/mol. The summed E-state index contributed by atoms with van der Waals surface area (Å²) < 4.78 is 18.8. The van der Waals surface area contributed by atoms with Crippen molar-refractivity contribution in [2.75, 3.05) is 7.11 Å². The van der Waals surface area contributed by atoms with Crippen molar-refractivity contribution in [3.05, 3.63) is 69.9 Å². The molecule has 0 aliphatic carbocycles. The third-order valence-electron chi connectivity index (χ3n) is 3.21. The lowest BCUT2D eigenvalue weighted by Crippen LogP contribution is -2.43. The Labute approximate surface area is 141 Å². The molecule has 0 unspecified atom stereocenters. The van der Waals surface area contributed by atoms with Crippen molar-refractivity contribution in [1.82, 2.24) is 5.32 Å². The third-order valence-corrected chi connectivity index (χ3v) is 3.70. The summed E-state index contributed by atoms with van der Waals surface area (Å²) in [5.41, 5.74) is 1.00. The molecular formula is C17H15BrFNO3. The number of halogens is 2. The Morgan fingerprint density at radius 2 is 1.96 bits per heavy atom. The third kappa shape index (κ3) is 4.89. The first-order valence-electron chi connectivity index (χ1n) is 6.88. The molecule has 120 valence electrons. The number of carbonyl (C=O) groups is 2. The number of hydrogen-bond donors (Lipinski definition) is 1. The number of benzene rings is 2. The lowest BCUT2D eigenvalue weighted by Gasteiger charge is -2.17. The number of amides is 1. The number of rotatable bonds is 5. The highest BCUT2D eigenvalue weighted by Gasteiger charge is 2.22. The fraction of sp³-hybridized carbons (Fsp3) is 0.176. The molecule has 0 aliphatic heterocycles. The zero-order valence-corrected chi connectivity index (χ0v) is 14.0. The highest BCUT2D eigenvalue weighted by molar-refractivity contribution is 9.10. The maximum Gasteiger partial charge on any atom is 0.328 e. The first-order valence-corrected chi connectivity index (χ1v) is 7.67. The van der Waals surface area contributed by atoms with Gasteiger partial charge in [0.05, 0.1) is 7.11 Å². The highest BCUT2D eigenvalue weighted by Crippen LogP contribution is 2.14. The van der Waals surface area contributed by atoms with Gasteiger partial charge in [-0.15, -0.1) is 0 Å². The van der Waals surface area contributed by atoms with E-state index in [4.69, 9.17) is 4.74 Å². The molecule has 0 aliphatic rings. The van der Waals surface area contributed by atoms with Gasteiger partial charge in [-0.1, -0.05) is 34.1 Å². The molecule has 0 heterocycles. The monoisotopic (exact) mass is 379 g/mol. The minimum atomic E-state index is -0.856. The van der Waals surface area contributed by atoms with Gasteiger partial charge >= 0.3 is 5.97 Å². The van der Waals surface area contributed by atoms with E-state index in [1.54, 1.807) is 0 Å². The minimum Gasteiger partial charge on any atom is -0.467 e. The van der Waals surface area contributed by atoms with Gasteiger partial charge in [0.2, 0.25) is 0 Å². The molecule has 0 saturated heterocycles. The molecule has 0 radical (unpaired) electrons. The summed E-state index contributed by atoms with van der Waals surface area (Å²) in [5, 5.41) is 2.58. The van der Waals surface area contributed by atoms with Crippen LogP contribution < -0.4 is 5.32 Å². The lowest BCUT2D eigenvalue weighted by molar-refractivity contribution is -0.142. The number of hydrogen-bond acceptors (Lipinski definition) is 3. The van der Waals surface area contributed by atoms with E-state index in [0.717, 1.165) is 16.1 Å². The normalized spacial score (nSPS) is 11.6. The van der Waals surface area contributed by atoms with E-state index in [9.17, 15) is 14.0 Å². The van der Waals surface area contributed by atoms with Crippen molar-refractivity contribution < 1.29 is 18.7 Å². The smallest absolute Gasteiger partial charge is 0.328 e. The lowest BCUT2D eigenvalue weighted by atomic mass is 10.1.